The fourth-order valence-corrected chi connectivity index (χ4v) is 3.17. The third-order valence-electron chi connectivity index (χ3n) is 4.28. The highest BCUT2D eigenvalue weighted by Crippen LogP contribution is 2.30. The van der Waals surface area contributed by atoms with Gasteiger partial charge in [0.1, 0.15) is 6.61 Å². The van der Waals surface area contributed by atoms with Crippen LogP contribution in [0.5, 0.6) is 0 Å². The molecule has 20 heavy (non-hydrogen) atoms. The molecule has 1 amide bonds. The van der Waals surface area contributed by atoms with Gasteiger partial charge in [-0.2, -0.15) is 0 Å². The first kappa shape index (κ1) is 13.6. The highest BCUT2D eigenvalue weighted by atomic mass is 16.5. The first-order chi connectivity index (χ1) is 9.84. The summed E-state index contributed by atoms with van der Waals surface area (Å²) in [5, 5.41) is 3.30. The van der Waals surface area contributed by atoms with Crippen molar-refractivity contribution < 1.29 is 9.53 Å². The van der Waals surface area contributed by atoms with Crippen molar-refractivity contribution in [3.05, 3.63) is 24.0 Å². The molecular formula is C15H23N3O2. The van der Waals surface area contributed by atoms with Crippen LogP contribution in [0.25, 0.3) is 0 Å². The Hall–Kier alpha value is -1.33. The average molecular weight is 277 g/mol. The maximum Gasteiger partial charge on any atom is 0.249 e. The van der Waals surface area contributed by atoms with E-state index in [1.54, 1.807) is 0 Å². The molecule has 5 heteroatoms. The zero-order chi connectivity index (χ0) is 13.8. The van der Waals surface area contributed by atoms with Crippen molar-refractivity contribution in [2.24, 2.45) is 0 Å². The van der Waals surface area contributed by atoms with Crippen LogP contribution in [-0.4, -0.2) is 48.1 Å². The summed E-state index contributed by atoms with van der Waals surface area (Å²) in [5.74, 6) is 0.126. The number of hydrogen-bond acceptors (Lipinski definition) is 3. The minimum absolute atomic E-state index is 0.126. The van der Waals surface area contributed by atoms with Gasteiger partial charge in [0.05, 0.1) is 12.1 Å². The van der Waals surface area contributed by atoms with Gasteiger partial charge in [-0.05, 0) is 50.9 Å². The zero-order valence-corrected chi connectivity index (χ0v) is 11.8. The van der Waals surface area contributed by atoms with Gasteiger partial charge >= 0.3 is 0 Å². The van der Waals surface area contributed by atoms with Crippen molar-refractivity contribution in [2.45, 2.75) is 37.8 Å². The van der Waals surface area contributed by atoms with E-state index in [0.29, 0.717) is 0 Å². The molecule has 2 aliphatic rings. The van der Waals surface area contributed by atoms with Crippen LogP contribution in [0, 0.1) is 0 Å². The molecule has 1 aromatic rings. The van der Waals surface area contributed by atoms with Crippen LogP contribution in [0.2, 0.25) is 0 Å². The molecule has 1 aromatic heterocycles. The Morgan fingerprint density at radius 1 is 1.35 bits per heavy atom. The molecule has 1 atom stereocenters. The van der Waals surface area contributed by atoms with E-state index < -0.39 is 0 Å². The molecule has 2 fully saturated rings. The first-order valence-electron chi connectivity index (χ1n) is 7.59. The quantitative estimate of drug-likeness (QED) is 0.875. The summed E-state index contributed by atoms with van der Waals surface area (Å²) in [7, 11) is 0. The third-order valence-corrected chi connectivity index (χ3v) is 4.28. The van der Waals surface area contributed by atoms with Crippen LogP contribution in [-0.2, 0) is 9.53 Å². The lowest BCUT2D eigenvalue weighted by molar-refractivity contribution is -0.139. The molecule has 0 aromatic carbocycles. The lowest BCUT2D eigenvalue weighted by Gasteiger charge is -2.27. The van der Waals surface area contributed by atoms with Gasteiger partial charge in [-0.15, -0.1) is 0 Å². The van der Waals surface area contributed by atoms with Crippen molar-refractivity contribution in [3.63, 3.8) is 0 Å². The van der Waals surface area contributed by atoms with E-state index in [9.17, 15) is 4.79 Å². The fourth-order valence-electron chi connectivity index (χ4n) is 3.17. The van der Waals surface area contributed by atoms with Gasteiger partial charge in [0.2, 0.25) is 5.91 Å². The number of amides is 1. The molecule has 2 N–H and O–H groups in total. The lowest BCUT2D eigenvalue weighted by atomic mass is 10.1. The highest BCUT2D eigenvalue weighted by molar-refractivity contribution is 5.78. The molecule has 1 unspecified atom stereocenters. The summed E-state index contributed by atoms with van der Waals surface area (Å²) in [6.07, 6.45) is 6.29. The van der Waals surface area contributed by atoms with E-state index >= 15 is 0 Å². The maximum absolute atomic E-state index is 12.4. The summed E-state index contributed by atoms with van der Waals surface area (Å²) in [4.78, 5) is 17.6. The number of carbonyl (C=O) groups excluding carboxylic acids is 1. The predicted molar refractivity (Wildman–Crippen MR) is 76.3 cm³/mol. The molecule has 5 nitrogen and oxygen atoms in total. The molecule has 2 saturated heterocycles. The van der Waals surface area contributed by atoms with Crippen molar-refractivity contribution in [1.82, 2.24) is 15.2 Å². The average Bonchev–Trinajstić information content (AvgIpc) is 3.15. The molecular weight excluding hydrogens is 254 g/mol. The Morgan fingerprint density at radius 3 is 2.95 bits per heavy atom. The zero-order valence-electron chi connectivity index (χ0n) is 11.8. The van der Waals surface area contributed by atoms with Gasteiger partial charge in [0.15, 0.2) is 0 Å². The molecule has 110 valence electrons. The smallest absolute Gasteiger partial charge is 0.249 e. The largest absolute Gasteiger partial charge is 0.368 e. The predicted octanol–water partition coefficient (Wildman–Crippen LogP) is 1.45. The summed E-state index contributed by atoms with van der Waals surface area (Å²) in [5.41, 5.74) is 1.14. The molecule has 3 heterocycles. The minimum atomic E-state index is 0.126. The second-order valence-corrected chi connectivity index (χ2v) is 5.63. The summed E-state index contributed by atoms with van der Waals surface area (Å²) in [6.45, 7) is 3.06. The van der Waals surface area contributed by atoms with E-state index in [1.165, 1.54) is 0 Å². The Kier molecular flexibility index (Phi) is 4.38. The number of rotatable bonds is 4. The number of aromatic nitrogens is 1. The van der Waals surface area contributed by atoms with Crippen molar-refractivity contribution in [3.8, 4) is 0 Å². The summed E-state index contributed by atoms with van der Waals surface area (Å²) < 4.78 is 5.78. The molecule has 0 bridgehead atoms. The molecule has 0 aliphatic carbocycles. The van der Waals surface area contributed by atoms with Crippen molar-refractivity contribution >= 4 is 5.91 Å². The molecule has 0 spiro atoms. The van der Waals surface area contributed by atoms with Gasteiger partial charge in [-0.3, -0.25) is 4.79 Å². The standard InChI is InChI=1S/C15H23N3O2/c19-15(11-20-12-5-8-16-9-6-12)18-10-2-4-14(18)13-3-1-7-17-13/h1,3,7,12,14,16-17H,2,4-6,8-11H2. The summed E-state index contributed by atoms with van der Waals surface area (Å²) in [6, 6.07) is 4.25. The Labute approximate surface area is 119 Å². The van der Waals surface area contributed by atoms with Crippen LogP contribution >= 0.6 is 0 Å². The second kappa shape index (κ2) is 6.41. The SMILES string of the molecule is O=C(COC1CCNCC1)N1CCCC1c1ccc[nH]1. The monoisotopic (exact) mass is 277 g/mol. The number of nitrogens with zero attached hydrogens (tertiary/aromatic N) is 1. The van der Waals surface area contributed by atoms with E-state index in [-0.39, 0.29) is 24.7 Å². The number of piperidine rings is 1. The van der Waals surface area contributed by atoms with Gasteiger partial charge < -0.3 is 19.9 Å². The van der Waals surface area contributed by atoms with Gasteiger partial charge in [0, 0.05) is 18.4 Å². The van der Waals surface area contributed by atoms with Crippen LogP contribution in [0.3, 0.4) is 0 Å². The Balaban J connectivity index is 1.53. The van der Waals surface area contributed by atoms with Crippen LogP contribution in [0.4, 0.5) is 0 Å². The number of H-pyrrole nitrogens is 1. The second-order valence-electron chi connectivity index (χ2n) is 5.63. The van der Waals surface area contributed by atoms with E-state index in [0.717, 1.165) is 51.0 Å². The fraction of sp³-hybridized carbons (Fsp3) is 0.667. The molecule has 2 aliphatic heterocycles. The number of nitrogens with one attached hydrogen (secondary N) is 2. The lowest BCUT2D eigenvalue weighted by Crippen LogP contribution is -2.37. The first-order valence-corrected chi connectivity index (χ1v) is 7.59. The molecule has 0 saturated carbocycles. The Morgan fingerprint density at radius 2 is 2.20 bits per heavy atom. The van der Waals surface area contributed by atoms with Crippen molar-refractivity contribution in [1.29, 1.82) is 0 Å². The van der Waals surface area contributed by atoms with E-state index in [1.807, 2.05) is 17.2 Å². The summed E-state index contributed by atoms with van der Waals surface area (Å²) >= 11 is 0. The number of hydrogen-bond donors (Lipinski definition) is 2. The van der Waals surface area contributed by atoms with Gasteiger partial charge in [-0.25, -0.2) is 0 Å². The minimum Gasteiger partial charge on any atom is -0.368 e. The maximum atomic E-state index is 12.4. The van der Waals surface area contributed by atoms with Crippen LogP contribution in [0.1, 0.15) is 37.4 Å². The van der Waals surface area contributed by atoms with Gasteiger partial charge in [-0.1, -0.05) is 0 Å². The van der Waals surface area contributed by atoms with E-state index in [2.05, 4.69) is 16.4 Å². The van der Waals surface area contributed by atoms with Crippen LogP contribution in [0.15, 0.2) is 18.3 Å². The Bertz CT molecular complexity index is 426. The number of likely N-dealkylation sites (tertiary alicyclic amines) is 1. The third kappa shape index (κ3) is 3.04. The number of aromatic amines is 1. The molecule has 0 radical (unpaired) electrons. The normalized spacial score (nSPS) is 24.2. The number of carbonyl (C=O) groups is 1. The van der Waals surface area contributed by atoms with Crippen molar-refractivity contribution in [2.75, 3.05) is 26.2 Å². The van der Waals surface area contributed by atoms with E-state index in [4.69, 9.17) is 4.74 Å². The topological polar surface area (TPSA) is 57.4 Å². The number of ether oxygens (including phenoxy) is 1. The highest BCUT2D eigenvalue weighted by Gasteiger charge is 2.30. The van der Waals surface area contributed by atoms with Crippen LogP contribution < -0.4 is 5.32 Å². The van der Waals surface area contributed by atoms with Gasteiger partial charge in [0.25, 0.3) is 0 Å². The molecule has 3 rings (SSSR count).